The number of benzene rings is 2. The molecule has 1 aliphatic heterocycles. The predicted octanol–water partition coefficient (Wildman–Crippen LogP) is 3.15. The van der Waals surface area contributed by atoms with Crippen LogP contribution in [0.2, 0.25) is 0 Å². The van der Waals surface area contributed by atoms with Crippen molar-refractivity contribution >= 4 is 10.0 Å². The molecule has 0 radical (unpaired) electrons. The lowest BCUT2D eigenvalue weighted by atomic mass is 9.98. The molecule has 0 spiro atoms. The number of nitrogens with two attached hydrogens (primary N) is 1. The number of nitrogens with zero attached hydrogens (tertiary/aromatic N) is 1. The highest BCUT2D eigenvalue weighted by atomic mass is 32.2. The summed E-state index contributed by atoms with van der Waals surface area (Å²) in [6.07, 6.45) is 2.04. The SMILES string of the molecule is Cc1cccc(Oc2ccc(S(=O)(=O)N3CC4CCC(N)C4C3)cc2)c1. The zero-order valence-electron chi connectivity index (χ0n) is 14.8. The molecule has 1 heterocycles. The van der Waals surface area contributed by atoms with Crippen molar-refractivity contribution in [1.82, 2.24) is 4.31 Å². The monoisotopic (exact) mass is 372 g/mol. The minimum atomic E-state index is -3.48. The van der Waals surface area contributed by atoms with Gasteiger partial charge in [0.15, 0.2) is 0 Å². The van der Waals surface area contributed by atoms with Crippen LogP contribution >= 0.6 is 0 Å². The van der Waals surface area contributed by atoms with Crippen LogP contribution in [0.5, 0.6) is 11.5 Å². The van der Waals surface area contributed by atoms with Crippen molar-refractivity contribution in [1.29, 1.82) is 0 Å². The summed E-state index contributed by atoms with van der Waals surface area (Å²) < 4.78 is 33.3. The molecule has 0 amide bonds. The van der Waals surface area contributed by atoms with Gasteiger partial charge in [-0.15, -0.1) is 0 Å². The maximum Gasteiger partial charge on any atom is 0.243 e. The van der Waals surface area contributed by atoms with Gasteiger partial charge in [0, 0.05) is 19.1 Å². The fraction of sp³-hybridized carbons (Fsp3) is 0.400. The second-order valence-corrected chi connectivity index (χ2v) is 9.32. The van der Waals surface area contributed by atoms with E-state index in [2.05, 4.69) is 0 Å². The third kappa shape index (κ3) is 3.24. The van der Waals surface area contributed by atoms with Crippen LogP contribution in [0.25, 0.3) is 0 Å². The first kappa shape index (κ1) is 17.5. The lowest BCUT2D eigenvalue weighted by molar-refractivity contribution is 0.427. The molecule has 138 valence electrons. The second-order valence-electron chi connectivity index (χ2n) is 7.38. The first-order valence-corrected chi connectivity index (χ1v) is 10.5. The molecule has 2 aromatic carbocycles. The van der Waals surface area contributed by atoms with Crippen LogP contribution in [-0.2, 0) is 10.0 Å². The van der Waals surface area contributed by atoms with Gasteiger partial charge in [0.2, 0.25) is 10.0 Å². The summed E-state index contributed by atoms with van der Waals surface area (Å²) in [5, 5.41) is 0. The van der Waals surface area contributed by atoms with Crippen LogP contribution < -0.4 is 10.5 Å². The molecule has 3 atom stereocenters. The maximum atomic E-state index is 12.9. The Morgan fingerprint density at radius 2 is 1.81 bits per heavy atom. The minimum absolute atomic E-state index is 0.130. The van der Waals surface area contributed by atoms with Crippen molar-refractivity contribution in [2.75, 3.05) is 13.1 Å². The summed E-state index contributed by atoms with van der Waals surface area (Å²) in [7, 11) is -3.48. The Morgan fingerprint density at radius 3 is 2.50 bits per heavy atom. The van der Waals surface area contributed by atoms with Crippen molar-refractivity contribution in [3.63, 3.8) is 0 Å². The van der Waals surface area contributed by atoms with Crippen molar-refractivity contribution in [2.24, 2.45) is 17.6 Å². The van der Waals surface area contributed by atoms with Crippen LogP contribution in [0, 0.1) is 18.8 Å². The van der Waals surface area contributed by atoms with Crippen LogP contribution in [-0.4, -0.2) is 31.9 Å². The normalized spacial score (nSPS) is 26.0. The Bertz CT molecular complexity index is 896. The van der Waals surface area contributed by atoms with Crippen molar-refractivity contribution in [2.45, 2.75) is 30.7 Å². The van der Waals surface area contributed by atoms with E-state index in [0.717, 1.165) is 24.2 Å². The van der Waals surface area contributed by atoms with Gasteiger partial charge < -0.3 is 10.5 Å². The van der Waals surface area contributed by atoms with E-state index in [1.54, 1.807) is 28.6 Å². The minimum Gasteiger partial charge on any atom is -0.457 e. The topological polar surface area (TPSA) is 72.6 Å². The van der Waals surface area contributed by atoms with Crippen LogP contribution in [0.3, 0.4) is 0 Å². The molecule has 1 saturated heterocycles. The highest BCUT2D eigenvalue weighted by molar-refractivity contribution is 7.89. The maximum absolute atomic E-state index is 12.9. The Labute approximate surface area is 154 Å². The lowest BCUT2D eigenvalue weighted by Crippen LogP contribution is -2.33. The summed E-state index contributed by atoms with van der Waals surface area (Å²) in [5.41, 5.74) is 7.24. The Hall–Kier alpha value is -1.89. The van der Waals surface area contributed by atoms with E-state index >= 15 is 0 Å². The van der Waals surface area contributed by atoms with Gasteiger partial charge in [-0.05, 0) is 73.6 Å². The summed E-state index contributed by atoms with van der Waals surface area (Å²) in [5.74, 6) is 2.06. The summed E-state index contributed by atoms with van der Waals surface area (Å²) >= 11 is 0. The molecule has 3 unspecified atom stereocenters. The van der Waals surface area contributed by atoms with Gasteiger partial charge in [0.25, 0.3) is 0 Å². The van der Waals surface area contributed by atoms with E-state index in [-0.39, 0.29) is 6.04 Å². The van der Waals surface area contributed by atoms with Gasteiger partial charge in [0.05, 0.1) is 4.90 Å². The first-order valence-electron chi connectivity index (χ1n) is 9.04. The molecule has 2 aliphatic rings. The molecule has 0 aromatic heterocycles. The van der Waals surface area contributed by atoms with Crippen LogP contribution in [0.4, 0.5) is 0 Å². The quantitative estimate of drug-likeness (QED) is 0.895. The molecule has 5 nitrogen and oxygen atoms in total. The molecule has 2 aromatic rings. The number of rotatable bonds is 4. The van der Waals surface area contributed by atoms with Crippen LogP contribution in [0.15, 0.2) is 53.4 Å². The molecule has 1 saturated carbocycles. The fourth-order valence-corrected chi connectivity index (χ4v) is 5.64. The zero-order valence-corrected chi connectivity index (χ0v) is 15.7. The predicted molar refractivity (Wildman–Crippen MR) is 101 cm³/mol. The fourth-order valence-electron chi connectivity index (χ4n) is 4.11. The summed E-state index contributed by atoms with van der Waals surface area (Å²) in [4.78, 5) is 0.308. The molecule has 4 rings (SSSR count). The number of hydrogen-bond acceptors (Lipinski definition) is 4. The van der Waals surface area contributed by atoms with E-state index in [4.69, 9.17) is 10.5 Å². The molecule has 1 aliphatic carbocycles. The van der Waals surface area contributed by atoms with Gasteiger partial charge >= 0.3 is 0 Å². The Balaban J connectivity index is 1.49. The number of fused-ring (bicyclic) bond motifs is 1. The summed E-state index contributed by atoms with van der Waals surface area (Å²) in [6.45, 7) is 3.12. The second kappa shape index (κ2) is 6.68. The standard InChI is InChI=1S/C20H24N2O3S/c1-14-3-2-4-17(11-14)25-16-6-8-18(9-7-16)26(23,24)22-12-15-5-10-20(21)19(15)13-22/h2-4,6-9,11,15,19-20H,5,10,12-13,21H2,1H3. The van der Waals surface area contributed by atoms with Gasteiger partial charge in [-0.1, -0.05) is 12.1 Å². The molecule has 0 bridgehead atoms. The molecule has 6 heteroatoms. The van der Waals surface area contributed by atoms with Crippen LogP contribution in [0.1, 0.15) is 18.4 Å². The number of aryl methyl sites for hydroxylation is 1. The molecule has 2 N–H and O–H groups in total. The van der Waals surface area contributed by atoms with E-state index < -0.39 is 10.0 Å². The smallest absolute Gasteiger partial charge is 0.243 e. The van der Waals surface area contributed by atoms with E-state index in [1.807, 2.05) is 31.2 Å². The van der Waals surface area contributed by atoms with Crippen molar-refractivity contribution in [3.8, 4) is 11.5 Å². The lowest BCUT2D eigenvalue weighted by Gasteiger charge is -2.18. The molecule has 26 heavy (non-hydrogen) atoms. The third-order valence-electron chi connectivity index (χ3n) is 5.57. The van der Waals surface area contributed by atoms with Crippen molar-refractivity contribution in [3.05, 3.63) is 54.1 Å². The number of hydrogen-bond donors (Lipinski definition) is 1. The molecular formula is C20H24N2O3S. The first-order chi connectivity index (χ1) is 12.4. The van der Waals surface area contributed by atoms with E-state index in [9.17, 15) is 8.42 Å². The van der Waals surface area contributed by atoms with E-state index in [0.29, 0.717) is 35.6 Å². The van der Waals surface area contributed by atoms with E-state index in [1.165, 1.54) is 0 Å². The number of ether oxygens (including phenoxy) is 1. The molecule has 2 fully saturated rings. The highest BCUT2D eigenvalue weighted by Gasteiger charge is 2.45. The van der Waals surface area contributed by atoms with Gasteiger partial charge in [0.1, 0.15) is 11.5 Å². The molecular weight excluding hydrogens is 348 g/mol. The van der Waals surface area contributed by atoms with Crippen molar-refractivity contribution < 1.29 is 13.2 Å². The van der Waals surface area contributed by atoms with Gasteiger partial charge in [-0.25, -0.2) is 8.42 Å². The summed E-state index contributed by atoms with van der Waals surface area (Å²) in [6, 6.07) is 14.5. The number of sulfonamides is 1. The largest absolute Gasteiger partial charge is 0.457 e. The van der Waals surface area contributed by atoms with Gasteiger partial charge in [-0.3, -0.25) is 0 Å². The average molecular weight is 372 g/mol. The zero-order chi connectivity index (χ0) is 18.3. The Kier molecular flexibility index (Phi) is 4.50. The third-order valence-corrected chi connectivity index (χ3v) is 7.41. The highest BCUT2D eigenvalue weighted by Crippen LogP contribution is 2.39. The van der Waals surface area contributed by atoms with Gasteiger partial charge in [-0.2, -0.15) is 4.31 Å². The Morgan fingerprint density at radius 1 is 1.04 bits per heavy atom. The average Bonchev–Trinajstić information content (AvgIpc) is 3.18.